The lowest BCUT2D eigenvalue weighted by molar-refractivity contribution is -0.0160. The molecule has 1 aromatic heterocycles. The average Bonchev–Trinajstić information content (AvgIpc) is 2.89. The predicted molar refractivity (Wildman–Crippen MR) is 55.5 cm³/mol. The van der Waals surface area contributed by atoms with Crippen LogP contribution in [0.15, 0.2) is 12.4 Å². The third kappa shape index (κ3) is 2.56. The quantitative estimate of drug-likeness (QED) is 0.735. The zero-order valence-corrected chi connectivity index (χ0v) is 8.95. The van der Waals surface area contributed by atoms with E-state index in [-0.39, 0.29) is 5.60 Å². The molecule has 0 bridgehead atoms. The van der Waals surface area contributed by atoms with Gasteiger partial charge in [0.05, 0.1) is 13.2 Å². The van der Waals surface area contributed by atoms with Gasteiger partial charge in [0.2, 0.25) is 0 Å². The first kappa shape index (κ1) is 10.6. The van der Waals surface area contributed by atoms with Gasteiger partial charge in [0.1, 0.15) is 11.4 Å². The lowest BCUT2D eigenvalue weighted by atomic mass is 10.0. The fourth-order valence-electron chi connectivity index (χ4n) is 1.76. The Morgan fingerprint density at radius 1 is 1.73 bits per heavy atom. The number of hydrogen-bond donors (Lipinski definition) is 2. The van der Waals surface area contributed by atoms with Crippen molar-refractivity contribution in [2.75, 3.05) is 26.9 Å². The second-order valence-corrected chi connectivity index (χ2v) is 3.83. The summed E-state index contributed by atoms with van der Waals surface area (Å²) in [5.74, 6) is 0.945. The molecule has 2 N–H and O–H groups in total. The monoisotopic (exact) mass is 211 g/mol. The van der Waals surface area contributed by atoms with Crippen molar-refractivity contribution in [1.29, 1.82) is 0 Å². The van der Waals surface area contributed by atoms with Crippen LogP contribution in [-0.2, 0) is 16.0 Å². The molecule has 1 unspecified atom stereocenters. The van der Waals surface area contributed by atoms with Crippen molar-refractivity contribution in [2.45, 2.75) is 18.6 Å². The maximum atomic E-state index is 5.50. The first-order chi connectivity index (χ1) is 7.35. The first-order valence-corrected chi connectivity index (χ1v) is 5.16. The van der Waals surface area contributed by atoms with Crippen molar-refractivity contribution in [2.24, 2.45) is 0 Å². The van der Waals surface area contributed by atoms with E-state index in [1.165, 1.54) is 0 Å². The Hall–Kier alpha value is -0.910. The normalized spacial score (nSPS) is 25.9. The second-order valence-electron chi connectivity index (χ2n) is 3.83. The summed E-state index contributed by atoms with van der Waals surface area (Å²) >= 11 is 0. The summed E-state index contributed by atoms with van der Waals surface area (Å²) in [7, 11) is 1.74. The van der Waals surface area contributed by atoms with Gasteiger partial charge in [0.15, 0.2) is 0 Å². The number of H-pyrrole nitrogens is 1. The van der Waals surface area contributed by atoms with Crippen molar-refractivity contribution >= 4 is 0 Å². The molecule has 0 amide bonds. The number of rotatable bonds is 5. The van der Waals surface area contributed by atoms with Crippen LogP contribution in [0.4, 0.5) is 0 Å². The molecule has 1 aliphatic rings. The molecule has 0 radical (unpaired) electrons. The molecule has 1 saturated heterocycles. The van der Waals surface area contributed by atoms with Crippen molar-refractivity contribution < 1.29 is 9.47 Å². The summed E-state index contributed by atoms with van der Waals surface area (Å²) in [6.07, 6.45) is 4.53. The fraction of sp³-hybridized carbons (Fsp3) is 0.700. The second kappa shape index (κ2) is 4.74. The summed E-state index contributed by atoms with van der Waals surface area (Å²) in [6.45, 7) is 2.99. The lowest BCUT2D eigenvalue weighted by Gasteiger charge is -2.25. The number of aromatic nitrogens is 2. The van der Waals surface area contributed by atoms with Crippen LogP contribution in [-0.4, -0.2) is 42.4 Å². The Labute approximate surface area is 89.2 Å². The number of aromatic amines is 1. The van der Waals surface area contributed by atoms with E-state index in [9.17, 15) is 0 Å². The zero-order valence-electron chi connectivity index (χ0n) is 8.95. The van der Waals surface area contributed by atoms with Crippen molar-refractivity contribution in [3.05, 3.63) is 18.2 Å². The molecule has 1 atom stereocenters. The molecule has 2 rings (SSSR count). The maximum absolute atomic E-state index is 5.50. The van der Waals surface area contributed by atoms with Gasteiger partial charge >= 0.3 is 0 Å². The molecule has 84 valence electrons. The number of nitrogens with one attached hydrogen (secondary N) is 2. The van der Waals surface area contributed by atoms with Gasteiger partial charge in [-0.05, 0) is 0 Å². The van der Waals surface area contributed by atoms with E-state index in [1.54, 1.807) is 13.3 Å². The highest BCUT2D eigenvalue weighted by molar-refractivity contribution is 4.90. The highest BCUT2D eigenvalue weighted by atomic mass is 16.5. The molecular weight excluding hydrogens is 194 g/mol. The van der Waals surface area contributed by atoms with Gasteiger partial charge in [-0.2, -0.15) is 0 Å². The van der Waals surface area contributed by atoms with E-state index >= 15 is 0 Å². The van der Waals surface area contributed by atoms with Crippen LogP contribution in [0.1, 0.15) is 12.2 Å². The van der Waals surface area contributed by atoms with E-state index in [2.05, 4.69) is 15.3 Å². The topological polar surface area (TPSA) is 59.2 Å². The largest absolute Gasteiger partial charge is 0.378 e. The van der Waals surface area contributed by atoms with Crippen molar-refractivity contribution in [3.8, 4) is 0 Å². The Balaban J connectivity index is 1.77. The first-order valence-electron chi connectivity index (χ1n) is 5.16. The van der Waals surface area contributed by atoms with Crippen LogP contribution >= 0.6 is 0 Å². The molecule has 15 heavy (non-hydrogen) atoms. The number of hydrogen-bond acceptors (Lipinski definition) is 4. The van der Waals surface area contributed by atoms with Crippen LogP contribution in [0, 0.1) is 0 Å². The van der Waals surface area contributed by atoms with Crippen LogP contribution in [0.25, 0.3) is 0 Å². The molecule has 0 aliphatic carbocycles. The minimum Gasteiger partial charge on any atom is -0.378 e. The molecule has 1 aliphatic heterocycles. The van der Waals surface area contributed by atoms with Gasteiger partial charge < -0.3 is 19.8 Å². The molecule has 5 heteroatoms. The van der Waals surface area contributed by atoms with Gasteiger partial charge in [-0.3, -0.25) is 0 Å². The van der Waals surface area contributed by atoms with Crippen LogP contribution in [0.2, 0.25) is 0 Å². The standard InChI is InChI=1S/C10H17N3O2/c1-14-10(2-5-15-8-10)7-11-6-9-12-3-4-13-9/h3-4,11H,2,5-8H2,1H3,(H,12,13). The lowest BCUT2D eigenvalue weighted by Crippen LogP contribution is -2.42. The van der Waals surface area contributed by atoms with Gasteiger partial charge in [-0.1, -0.05) is 0 Å². The van der Waals surface area contributed by atoms with E-state index in [0.717, 1.165) is 31.9 Å². The summed E-state index contributed by atoms with van der Waals surface area (Å²) in [5, 5.41) is 3.32. The highest BCUT2D eigenvalue weighted by Crippen LogP contribution is 2.21. The summed E-state index contributed by atoms with van der Waals surface area (Å²) in [4.78, 5) is 7.19. The minimum absolute atomic E-state index is 0.146. The van der Waals surface area contributed by atoms with Gasteiger partial charge in [-0.25, -0.2) is 4.98 Å². The average molecular weight is 211 g/mol. The maximum Gasteiger partial charge on any atom is 0.120 e. The van der Waals surface area contributed by atoms with Crippen LogP contribution in [0.5, 0.6) is 0 Å². The Bertz CT molecular complexity index is 281. The SMILES string of the molecule is COC1(CNCc2ncc[nH]2)CCOC1. The molecule has 1 fully saturated rings. The molecular formula is C10H17N3O2. The fourth-order valence-corrected chi connectivity index (χ4v) is 1.76. The van der Waals surface area contributed by atoms with Gasteiger partial charge in [0, 0.05) is 39.1 Å². The Morgan fingerprint density at radius 3 is 3.27 bits per heavy atom. The predicted octanol–water partition coefficient (Wildman–Crippen LogP) is 0.305. The molecule has 5 nitrogen and oxygen atoms in total. The Kier molecular flexibility index (Phi) is 3.35. The van der Waals surface area contributed by atoms with Crippen molar-refractivity contribution in [1.82, 2.24) is 15.3 Å². The van der Waals surface area contributed by atoms with E-state index in [1.807, 2.05) is 6.20 Å². The number of methoxy groups -OCH3 is 1. The van der Waals surface area contributed by atoms with E-state index < -0.39 is 0 Å². The molecule has 0 saturated carbocycles. The van der Waals surface area contributed by atoms with Gasteiger partial charge in [-0.15, -0.1) is 0 Å². The minimum atomic E-state index is -0.146. The molecule has 2 heterocycles. The summed E-state index contributed by atoms with van der Waals surface area (Å²) in [5.41, 5.74) is -0.146. The summed E-state index contributed by atoms with van der Waals surface area (Å²) < 4.78 is 10.9. The number of imidazole rings is 1. The van der Waals surface area contributed by atoms with Crippen LogP contribution < -0.4 is 5.32 Å². The smallest absolute Gasteiger partial charge is 0.120 e. The van der Waals surface area contributed by atoms with E-state index in [0.29, 0.717) is 6.61 Å². The van der Waals surface area contributed by atoms with Crippen LogP contribution in [0.3, 0.4) is 0 Å². The van der Waals surface area contributed by atoms with Gasteiger partial charge in [0.25, 0.3) is 0 Å². The number of ether oxygens (including phenoxy) is 2. The van der Waals surface area contributed by atoms with Crippen molar-refractivity contribution in [3.63, 3.8) is 0 Å². The molecule has 0 aromatic carbocycles. The molecule has 0 spiro atoms. The zero-order chi connectivity index (χ0) is 10.6. The number of nitrogens with zero attached hydrogens (tertiary/aromatic N) is 1. The molecule has 1 aromatic rings. The Morgan fingerprint density at radius 2 is 2.67 bits per heavy atom. The third-order valence-electron chi connectivity index (χ3n) is 2.79. The summed E-state index contributed by atoms with van der Waals surface area (Å²) in [6, 6.07) is 0. The highest BCUT2D eigenvalue weighted by Gasteiger charge is 2.34. The van der Waals surface area contributed by atoms with E-state index in [4.69, 9.17) is 9.47 Å². The third-order valence-corrected chi connectivity index (χ3v) is 2.79.